The van der Waals surface area contributed by atoms with Crippen LogP contribution in [0.25, 0.3) is 0 Å². The maximum Gasteiger partial charge on any atom is 0.130 e. The number of benzene rings is 1. The molecule has 4 heteroatoms. The molecule has 1 aromatic carbocycles. The smallest absolute Gasteiger partial charge is 0.130 e. The van der Waals surface area contributed by atoms with Gasteiger partial charge >= 0.3 is 0 Å². The predicted molar refractivity (Wildman–Crippen MR) is 78.8 cm³/mol. The zero-order valence-electron chi connectivity index (χ0n) is 12.3. The van der Waals surface area contributed by atoms with Gasteiger partial charge in [0.15, 0.2) is 0 Å². The lowest BCUT2D eigenvalue weighted by atomic mass is 10.0. The van der Waals surface area contributed by atoms with E-state index >= 15 is 0 Å². The summed E-state index contributed by atoms with van der Waals surface area (Å²) in [4.78, 5) is 0. The van der Waals surface area contributed by atoms with E-state index in [0.29, 0.717) is 23.2 Å². The van der Waals surface area contributed by atoms with Crippen LogP contribution in [0.3, 0.4) is 0 Å². The highest BCUT2D eigenvalue weighted by atomic mass is 35.5. The average molecular weight is 287 g/mol. The molecule has 0 aliphatic rings. The van der Waals surface area contributed by atoms with Gasteiger partial charge in [-0.25, -0.2) is 0 Å². The van der Waals surface area contributed by atoms with Crippen LogP contribution in [-0.4, -0.2) is 21.3 Å². The molecule has 3 nitrogen and oxygen atoms in total. The van der Waals surface area contributed by atoms with Gasteiger partial charge in [-0.05, 0) is 18.8 Å². The van der Waals surface area contributed by atoms with Crippen LogP contribution in [0.4, 0.5) is 0 Å². The molecule has 0 amide bonds. The van der Waals surface area contributed by atoms with Gasteiger partial charge in [-0.15, -0.1) is 11.6 Å². The molecule has 1 atom stereocenters. The second kappa shape index (κ2) is 7.49. The number of alkyl halides is 1. The summed E-state index contributed by atoms with van der Waals surface area (Å²) < 4.78 is 16.1. The third-order valence-electron chi connectivity index (χ3n) is 3.06. The van der Waals surface area contributed by atoms with Crippen LogP contribution >= 0.6 is 11.6 Å². The van der Waals surface area contributed by atoms with Crippen molar-refractivity contribution in [1.82, 2.24) is 0 Å². The SMILES string of the molecule is COc1cc(OC)c(C(Cl)CCC(C)C)c(OC)c1. The molecular weight excluding hydrogens is 264 g/mol. The summed E-state index contributed by atoms with van der Waals surface area (Å²) >= 11 is 6.51. The highest BCUT2D eigenvalue weighted by Gasteiger charge is 2.20. The summed E-state index contributed by atoms with van der Waals surface area (Å²) in [7, 11) is 4.87. The van der Waals surface area contributed by atoms with Gasteiger partial charge in [0.1, 0.15) is 17.2 Å². The molecule has 0 aliphatic carbocycles. The van der Waals surface area contributed by atoms with Crippen LogP contribution in [0.1, 0.15) is 37.6 Å². The summed E-state index contributed by atoms with van der Waals surface area (Å²) in [6, 6.07) is 3.67. The molecule has 1 aromatic rings. The predicted octanol–water partition coefficient (Wildman–Crippen LogP) is 4.43. The van der Waals surface area contributed by atoms with Crippen LogP contribution in [0.5, 0.6) is 17.2 Å². The number of hydrogen-bond acceptors (Lipinski definition) is 3. The van der Waals surface area contributed by atoms with E-state index in [-0.39, 0.29) is 5.38 Å². The van der Waals surface area contributed by atoms with Gasteiger partial charge in [0, 0.05) is 12.1 Å². The van der Waals surface area contributed by atoms with Gasteiger partial charge in [0.25, 0.3) is 0 Å². The fraction of sp³-hybridized carbons (Fsp3) is 0.600. The van der Waals surface area contributed by atoms with Gasteiger partial charge in [0.2, 0.25) is 0 Å². The fourth-order valence-corrected chi connectivity index (χ4v) is 2.31. The first-order chi connectivity index (χ1) is 9.03. The molecule has 1 unspecified atom stereocenters. The number of rotatable bonds is 7. The minimum absolute atomic E-state index is 0.127. The summed E-state index contributed by atoms with van der Waals surface area (Å²) in [5.74, 6) is 2.74. The van der Waals surface area contributed by atoms with Gasteiger partial charge in [-0.2, -0.15) is 0 Å². The quantitative estimate of drug-likeness (QED) is 0.694. The van der Waals surface area contributed by atoms with Gasteiger partial charge in [0.05, 0.1) is 32.3 Å². The maximum atomic E-state index is 6.51. The molecule has 0 aromatic heterocycles. The van der Waals surface area contributed by atoms with Crippen molar-refractivity contribution in [2.75, 3.05) is 21.3 Å². The minimum atomic E-state index is -0.127. The second-order valence-corrected chi connectivity index (χ2v) is 5.41. The van der Waals surface area contributed by atoms with E-state index in [4.69, 9.17) is 25.8 Å². The van der Waals surface area contributed by atoms with E-state index in [1.165, 1.54) is 0 Å². The fourth-order valence-electron chi connectivity index (χ4n) is 1.97. The van der Waals surface area contributed by atoms with Crippen molar-refractivity contribution in [3.05, 3.63) is 17.7 Å². The molecule has 0 heterocycles. The number of halogens is 1. The molecule has 0 spiro atoms. The molecule has 19 heavy (non-hydrogen) atoms. The Bertz CT molecular complexity index is 379. The highest BCUT2D eigenvalue weighted by Crippen LogP contribution is 2.42. The monoisotopic (exact) mass is 286 g/mol. The molecule has 0 fully saturated rings. The molecule has 0 saturated heterocycles. The first-order valence-electron chi connectivity index (χ1n) is 6.47. The van der Waals surface area contributed by atoms with Crippen molar-refractivity contribution >= 4 is 11.6 Å². The molecule has 0 saturated carbocycles. The summed E-state index contributed by atoms with van der Waals surface area (Å²) in [6.07, 6.45) is 1.95. The molecule has 0 bridgehead atoms. The minimum Gasteiger partial charge on any atom is -0.496 e. The zero-order valence-corrected chi connectivity index (χ0v) is 13.1. The van der Waals surface area contributed by atoms with Crippen molar-refractivity contribution in [3.63, 3.8) is 0 Å². The molecule has 0 radical (unpaired) electrons. The Balaban J connectivity index is 3.08. The Kier molecular flexibility index (Phi) is 6.29. The van der Waals surface area contributed by atoms with Crippen molar-refractivity contribution < 1.29 is 14.2 Å². The normalized spacial score (nSPS) is 12.4. The number of ether oxygens (including phenoxy) is 3. The van der Waals surface area contributed by atoms with E-state index in [0.717, 1.165) is 18.4 Å². The maximum absolute atomic E-state index is 6.51. The van der Waals surface area contributed by atoms with Crippen LogP contribution < -0.4 is 14.2 Å². The van der Waals surface area contributed by atoms with Crippen LogP contribution in [0, 0.1) is 5.92 Å². The average Bonchev–Trinajstić information content (AvgIpc) is 2.42. The Morgan fingerprint density at radius 2 is 1.47 bits per heavy atom. The number of hydrogen-bond donors (Lipinski definition) is 0. The van der Waals surface area contributed by atoms with Crippen LogP contribution in [0.15, 0.2) is 12.1 Å². The second-order valence-electron chi connectivity index (χ2n) is 4.88. The molecule has 0 N–H and O–H groups in total. The van der Waals surface area contributed by atoms with Crippen molar-refractivity contribution in [3.8, 4) is 17.2 Å². The van der Waals surface area contributed by atoms with E-state index in [9.17, 15) is 0 Å². The first-order valence-corrected chi connectivity index (χ1v) is 6.91. The van der Waals surface area contributed by atoms with E-state index in [2.05, 4.69) is 13.8 Å². The van der Waals surface area contributed by atoms with Crippen LogP contribution in [0.2, 0.25) is 0 Å². The Hall–Kier alpha value is -1.09. The molecule has 108 valence electrons. The summed E-state index contributed by atoms with van der Waals surface area (Å²) in [5.41, 5.74) is 0.896. The van der Waals surface area contributed by atoms with E-state index in [1.54, 1.807) is 21.3 Å². The summed E-state index contributed by atoms with van der Waals surface area (Å²) in [5, 5.41) is -0.127. The topological polar surface area (TPSA) is 27.7 Å². The summed E-state index contributed by atoms with van der Waals surface area (Å²) in [6.45, 7) is 4.37. The number of methoxy groups -OCH3 is 3. The first kappa shape index (κ1) is 16.0. The highest BCUT2D eigenvalue weighted by molar-refractivity contribution is 6.21. The molecule has 1 rings (SSSR count). The third-order valence-corrected chi connectivity index (χ3v) is 3.50. The van der Waals surface area contributed by atoms with Crippen LogP contribution in [-0.2, 0) is 0 Å². The third kappa shape index (κ3) is 4.20. The zero-order chi connectivity index (χ0) is 14.4. The lowest BCUT2D eigenvalue weighted by Crippen LogP contribution is -2.02. The van der Waals surface area contributed by atoms with Crippen molar-refractivity contribution in [2.24, 2.45) is 5.92 Å². The Morgan fingerprint density at radius 1 is 0.947 bits per heavy atom. The van der Waals surface area contributed by atoms with E-state index < -0.39 is 0 Å². The van der Waals surface area contributed by atoms with Gasteiger partial charge < -0.3 is 14.2 Å². The van der Waals surface area contributed by atoms with Crippen molar-refractivity contribution in [2.45, 2.75) is 32.1 Å². The van der Waals surface area contributed by atoms with Gasteiger partial charge in [-0.1, -0.05) is 13.8 Å². The van der Waals surface area contributed by atoms with E-state index in [1.807, 2.05) is 12.1 Å². The Morgan fingerprint density at radius 3 is 1.84 bits per heavy atom. The van der Waals surface area contributed by atoms with Crippen molar-refractivity contribution in [1.29, 1.82) is 0 Å². The largest absolute Gasteiger partial charge is 0.496 e. The van der Waals surface area contributed by atoms with Gasteiger partial charge in [-0.3, -0.25) is 0 Å². The Labute approximate surface area is 120 Å². The molecule has 0 aliphatic heterocycles. The lowest BCUT2D eigenvalue weighted by Gasteiger charge is -2.19. The standard InChI is InChI=1S/C15H23ClO3/c1-10(2)6-7-12(16)15-13(18-4)8-11(17-3)9-14(15)19-5/h8-10,12H,6-7H2,1-5H3. The molecular formula is C15H23ClO3. The lowest BCUT2D eigenvalue weighted by molar-refractivity contribution is 0.366.